The van der Waals surface area contributed by atoms with E-state index in [1.54, 1.807) is 12.1 Å². The third kappa shape index (κ3) is 3.76. The smallest absolute Gasteiger partial charge is 0.338 e. The molecule has 2 aliphatic rings. The first-order chi connectivity index (χ1) is 11.2. The maximum absolute atomic E-state index is 12.6. The predicted octanol–water partition coefficient (Wildman–Crippen LogP) is 3.88. The third-order valence-corrected chi connectivity index (χ3v) is 5.79. The molecule has 3 rings (SSSR count). The highest BCUT2D eigenvalue weighted by molar-refractivity contribution is 14.1. The fourth-order valence-corrected chi connectivity index (χ4v) is 5.20. The molecular weight excluding hydrogens is 417 g/mol. The van der Waals surface area contributed by atoms with Gasteiger partial charge in [0.15, 0.2) is 6.61 Å². The fourth-order valence-electron chi connectivity index (χ4n) is 4.66. The van der Waals surface area contributed by atoms with E-state index in [0.29, 0.717) is 5.56 Å². The Morgan fingerprint density at radius 3 is 2.75 bits per heavy atom. The molecule has 5 heteroatoms. The van der Waals surface area contributed by atoms with Crippen LogP contribution in [0.15, 0.2) is 24.3 Å². The lowest BCUT2D eigenvalue weighted by molar-refractivity contribution is -0.135. The SMILES string of the molecule is CC1(C)C[C@H]2C[C@](C)(CN2C(=O)COC(=O)c2cccc(I)c2)C1. The summed E-state index contributed by atoms with van der Waals surface area (Å²) in [6.07, 6.45) is 3.23. The van der Waals surface area contributed by atoms with Gasteiger partial charge in [0.25, 0.3) is 5.91 Å². The zero-order chi connectivity index (χ0) is 17.5. The van der Waals surface area contributed by atoms with Crippen LogP contribution < -0.4 is 0 Å². The van der Waals surface area contributed by atoms with Gasteiger partial charge in [-0.1, -0.05) is 26.8 Å². The number of carbonyl (C=O) groups is 2. The Kier molecular flexibility index (Phi) is 4.66. The molecule has 1 aromatic rings. The summed E-state index contributed by atoms with van der Waals surface area (Å²) < 4.78 is 6.23. The second-order valence-electron chi connectivity index (χ2n) is 8.32. The zero-order valence-corrected chi connectivity index (χ0v) is 16.6. The minimum Gasteiger partial charge on any atom is -0.452 e. The van der Waals surface area contributed by atoms with Crippen molar-refractivity contribution in [3.8, 4) is 0 Å². The van der Waals surface area contributed by atoms with E-state index in [1.165, 1.54) is 0 Å². The molecule has 1 aromatic carbocycles. The van der Waals surface area contributed by atoms with Crippen LogP contribution in [0.25, 0.3) is 0 Å². The monoisotopic (exact) mass is 441 g/mol. The number of amides is 1. The molecule has 4 nitrogen and oxygen atoms in total. The molecule has 2 bridgehead atoms. The Hall–Kier alpha value is -1.11. The van der Waals surface area contributed by atoms with Crippen molar-refractivity contribution in [3.63, 3.8) is 0 Å². The second-order valence-corrected chi connectivity index (χ2v) is 9.57. The number of hydrogen-bond acceptors (Lipinski definition) is 3. The number of nitrogens with zero attached hydrogens (tertiary/aromatic N) is 1. The Morgan fingerprint density at radius 1 is 1.29 bits per heavy atom. The lowest BCUT2D eigenvalue weighted by atomic mass is 9.65. The molecule has 2 atom stereocenters. The van der Waals surface area contributed by atoms with Gasteiger partial charge in [0.2, 0.25) is 0 Å². The van der Waals surface area contributed by atoms with Gasteiger partial charge < -0.3 is 9.64 Å². The molecule has 1 aliphatic carbocycles. The standard InChI is InChI=1S/C19H24INO3/c1-18(2)8-15-9-19(3,11-18)12-21(15)16(22)10-24-17(23)13-5-4-6-14(20)7-13/h4-7,15H,8-12H2,1-3H3/t15-,19-/m0/s1. The first kappa shape index (κ1) is 17.7. The van der Waals surface area contributed by atoms with Crippen LogP contribution in [0.2, 0.25) is 0 Å². The number of hydrogen-bond donors (Lipinski definition) is 0. The molecule has 1 saturated carbocycles. The van der Waals surface area contributed by atoms with Gasteiger partial charge in [-0.05, 0) is 70.9 Å². The van der Waals surface area contributed by atoms with Crippen molar-refractivity contribution in [3.05, 3.63) is 33.4 Å². The van der Waals surface area contributed by atoms with E-state index >= 15 is 0 Å². The zero-order valence-electron chi connectivity index (χ0n) is 14.5. The Bertz CT molecular complexity index is 672. The van der Waals surface area contributed by atoms with Gasteiger partial charge in [-0.25, -0.2) is 4.79 Å². The summed E-state index contributed by atoms with van der Waals surface area (Å²) in [7, 11) is 0. The topological polar surface area (TPSA) is 46.6 Å². The summed E-state index contributed by atoms with van der Waals surface area (Å²) in [5.41, 5.74) is 0.953. The molecule has 0 spiro atoms. The summed E-state index contributed by atoms with van der Waals surface area (Å²) in [4.78, 5) is 26.6. The molecule has 0 radical (unpaired) electrons. The molecule has 1 saturated heterocycles. The summed E-state index contributed by atoms with van der Waals surface area (Å²) in [6, 6.07) is 7.48. The van der Waals surface area contributed by atoms with Gasteiger partial charge >= 0.3 is 5.97 Å². The predicted molar refractivity (Wildman–Crippen MR) is 101 cm³/mol. The van der Waals surface area contributed by atoms with Crippen molar-refractivity contribution in [1.29, 1.82) is 0 Å². The molecule has 1 aliphatic heterocycles. The molecule has 1 amide bonds. The number of esters is 1. The largest absolute Gasteiger partial charge is 0.452 e. The van der Waals surface area contributed by atoms with Gasteiger partial charge in [-0.2, -0.15) is 0 Å². The second kappa shape index (κ2) is 6.32. The normalized spacial score (nSPS) is 27.8. The van der Waals surface area contributed by atoms with E-state index in [1.807, 2.05) is 17.0 Å². The first-order valence-corrected chi connectivity index (χ1v) is 9.48. The average molecular weight is 441 g/mol. The molecule has 130 valence electrons. The Morgan fingerprint density at radius 2 is 2.04 bits per heavy atom. The molecule has 0 aromatic heterocycles. The number of fused-ring (bicyclic) bond motifs is 2. The third-order valence-electron chi connectivity index (χ3n) is 5.12. The van der Waals surface area contributed by atoms with Crippen molar-refractivity contribution in [1.82, 2.24) is 4.90 Å². The van der Waals surface area contributed by atoms with Crippen LogP contribution in [0.5, 0.6) is 0 Å². The summed E-state index contributed by atoms with van der Waals surface area (Å²) in [5.74, 6) is -0.504. The fraction of sp³-hybridized carbons (Fsp3) is 0.579. The van der Waals surface area contributed by atoms with E-state index in [4.69, 9.17) is 4.74 Å². The first-order valence-electron chi connectivity index (χ1n) is 8.40. The van der Waals surface area contributed by atoms with E-state index in [0.717, 1.165) is 29.4 Å². The van der Waals surface area contributed by atoms with Crippen LogP contribution in [-0.2, 0) is 9.53 Å². The van der Waals surface area contributed by atoms with Crippen molar-refractivity contribution in [2.24, 2.45) is 10.8 Å². The van der Waals surface area contributed by atoms with Gasteiger partial charge in [0.05, 0.1) is 5.56 Å². The average Bonchev–Trinajstić information content (AvgIpc) is 2.73. The molecule has 2 fully saturated rings. The van der Waals surface area contributed by atoms with Gasteiger partial charge in [-0.3, -0.25) is 4.79 Å². The lowest BCUT2D eigenvalue weighted by Crippen LogP contribution is -2.39. The highest BCUT2D eigenvalue weighted by Crippen LogP contribution is 2.52. The Balaban J connectivity index is 1.61. The minimum absolute atomic E-state index is 0.0691. The number of carbonyl (C=O) groups excluding carboxylic acids is 2. The maximum Gasteiger partial charge on any atom is 0.338 e. The maximum atomic E-state index is 12.6. The van der Waals surface area contributed by atoms with Crippen LogP contribution in [0.3, 0.4) is 0 Å². The van der Waals surface area contributed by atoms with Crippen LogP contribution in [0, 0.1) is 14.4 Å². The van der Waals surface area contributed by atoms with E-state index in [9.17, 15) is 9.59 Å². The van der Waals surface area contributed by atoms with Gasteiger partial charge in [0.1, 0.15) is 0 Å². The van der Waals surface area contributed by atoms with Gasteiger partial charge in [0, 0.05) is 16.2 Å². The van der Waals surface area contributed by atoms with Gasteiger partial charge in [-0.15, -0.1) is 0 Å². The quantitative estimate of drug-likeness (QED) is 0.529. The number of ether oxygens (including phenoxy) is 1. The number of benzene rings is 1. The molecule has 1 heterocycles. The van der Waals surface area contributed by atoms with Crippen LogP contribution in [0.1, 0.15) is 50.4 Å². The van der Waals surface area contributed by atoms with Crippen molar-refractivity contribution >= 4 is 34.5 Å². The number of rotatable bonds is 3. The highest BCUT2D eigenvalue weighted by atomic mass is 127. The summed E-state index contributed by atoms with van der Waals surface area (Å²) >= 11 is 2.15. The van der Waals surface area contributed by atoms with Crippen molar-refractivity contribution in [2.75, 3.05) is 13.2 Å². The molecule has 0 unspecified atom stereocenters. The lowest BCUT2D eigenvalue weighted by Gasteiger charge is -2.39. The van der Waals surface area contributed by atoms with Crippen LogP contribution in [-0.4, -0.2) is 36.0 Å². The molecular formula is C19H24INO3. The van der Waals surface area contributed by atoms with Crippen molar-refractivity contribution < 1.29 is 14.3 Å². The molecule has 24 heavy (non-hydrogen) atoms. The highest BCUT2D eigenvalue weighted by Gasteiger charge is 2.50. The van der Waals surface area contributed by atoms with Crippen molar-refractivity contribution in [2.45, 2.75) is 46.1 Å². The molecule has 0 N–H and O–H groups in total. The Labute approximate surface area is 157 Å². The van der Waals surface area contributed by atoms with Crippen LogP contribution >= 0.6 is 22.6 Å². The number of likely N-dealkylation sites (tertiary alicyclic amines) is 1. The summed E-state index contributed by atoms with van der Waals surface area (Å²) in [5, 5.41) is 0. The van der Waals surface area contributed by atoms with E-state index < -0.39 is 5.97 Å². The van der Waals surface area contributed by atoms with Crippen LogP contribution in [0.4, 0.5) is 0 Å². The summed E-state index contributed by atoms with van der Waals surface area (Å²) in [6.45, 7) is 7.44. The number of halogens is 1. The van der Waals surface area contributed by atoms with E-state index in [2.05, 4.69) is 43.4 Å². The van der Waals surface area contributed by atoms with E-state index in [-0.39, 0.29) is 29.4 Å². The minimum atomic E-state index is -0.435.